The van der Waals surface area contributed by atoms with Gasteiger partial charge in [0, 0.05) is 18.0 Å². The van der Waals surface area contributed by atoms with Gasteiger partial charge in [-0.05, 0) is 23.8 Å². The van der Waals surface area contributed by atoms with Crippen LogP contribution in [0.3, 0.4) is 0 Å². The van der Waals surface area contributed by atoms with Crippen molar-refractivity contribution in [3.8, 4) is 11.1 Å². The summed E-state index contributed by atoms with van der Waals surface area (Å²) in [5, 5.41) is 8.62. The van der Waals surface area contributed by atoms with E-state index >= 15 is 0 Å². The molecule has 1 aromatic heterocycles. The highest BCUT2D eigenvalue weighted by molar-refractivity contribution is 5.89. The van der Waals surface area contributed by atoms with Crippen LogP contribution in [-0.4, -0.2) is 16.1 Å². The predicted molar refractivity (Wildman–Crippen MR) is 56.5 cm³/mol. The zero-order chi connectivity index (χ0) is 12.4. The topological polar surface area (TPSA) is 50.2 Å². The van der Waals surface area contributed by atoms with Gasteiger partial charge in [0.25, 0.3) is 0 Å². The molecule has 0 aliphatic rings. The lowest BCUT2D eigenvalue weighted by atomic mass is 10.0. The number of nitrogens with zero attached hydrogens (tertiary/aromatic N) is 1. The molecule has 1 heterocycles. The van der Waals surface area contributed by atoms with Gasteiger partial charge in [0.2, 0.25) is 0 Å². The van der Waals surface area contributed by atoms with Gasteiger partial charge >= 0.3 is 5.97 Å². The van der Waals surface area contributed by atoms with Crippen molar-refractivity contribution in [3.63, 3.8) is 0 Å². The Morgan fingerprint density at radius 3 is 2.29 bits per heavy atom. The molecule has 17 heavy (non-hydrogen) atoms. The number of carboxylic acids is 1. The molecule has 2 aromatic rings. The van der Waals surface area contributed by atoms with E-state index in [1.165, 1.54) is 12.4 Å². The van der Waals surface area contributed by atoms with Gasteiger partial charge in [0.15, 0.2) is 0 Å². The molecule has 0 bridgehead atoms. The van der Waals surface area contributed by atoms with E-state index in [1.807, 2.05) is 0 Å². The van der Waals surface area contributed by atoms with Crippen molar-refractivity contribution in [2.75, 3.05) is 0 Å². The van der Waals surface area contributed by atoms with E-state index in [9.17, 15) is 13.6 Å². The van der Waals surface area contributed by atoms with Crippen molar-refractivity contribution in [2.24, 2.45) is 0 Å². The van der Waals surface area contributed by atoms with Gasteiger partial charge in [-0.15, -0.1) is 0 Å². The number of rotatable bonds is 2. The zero-order valence-electron chi connectivity index (χ0n) is 8.52. The number of aromatic carboxylic acids is 1. The van der Waals surface area contributed by atoms with Crippen molar-refractivity contribution in [1.29, 1.82) is 0 Å². The minimum atomic E-state index is -1.63. The third-order valence-electron chi connectivity index (χ3n) is 2.25. The van der Waals surface area contributed by atoms with Crippen molar-refractivity contribution in [1.82, 2.24) is 4.98 Å². The van der Waals surface area contributed by atoms with Crippen LogP contribution < -0.4 is 0 Å². The molecule has 1 N–H and O–H groups in total. The van der Waals surface area contributed by atoms with Crippen LogP contribution in [0.25, 0.3) is 11.1 Å². The van der Waals surface area contributed by atoms with Gasteiger partial charge in [0.05, 0.1) is 0 Å². The Morgan fingerprint density at radius 2 is 1.82 bits per heavy atom. The second kappa shape index (κ2) is 4.29. The van der Waals surface area contributed by atoms with Gasteiger partial charge in [0.1, 0.15) is 17.2 Å². The Kier molecular flexibility index (Phi) is 2.82. The molecule has 0 unspecified atom stereocenters. The van der Waals surface area contributed by atoms with Crippen molar-refractivity contribution >= 4 is 5.97 Å². The lowest BCUT2D eigenvalue weighted by Crippen LogP contribution is -2.04. The average molecular weight is 235 g/mol. The Morgan fingerprint density at radius 1 is 1.18 bits per heavy atom. The molecule has 0 spiro atoms. The predicted octanol–water partition coefficient (Wildman–Crippen LogP) is 2.73. The number of aromatic nitrogens is 1. The number of hydrogen-bond donors (Lipinski definition) is 1. The normalized spacial score (nSPS) is 10.2. The number of halogens is 2. The van der Waals surface area contributed by atoms with Gasteiger partial charge in [-0.25, -0.2) is 13.6 Å². The molecule has 2 rings (SSSR count). The molecular formula is C12H7F2NO2. The van der Waals surface area contributed by atoms with E-state index in [2.05, 4.69) is 4.98 Å². The third-order valence-corrected chi connectivity index (χ3v) is 2.25. The largest absolute Gasteiger partial charge is 0.477 e. The maximum absolute atomic E-state index is 13.4. The highest BCUT2D eigenvalue weighted by Crippen LogP contribution is 2.23. The molecule has 0 radical (unpaired) electrons. The summed E-state index contributed by atoms with van der Waals surface area (Å²) < 4.78 is 26.8. The highest BCUT2D eigenvalue weighted by atomic mass is 19.1. The molecule has 0 aliphatic carbocycles. The van der Waals surface area contributed by atoms with Crippen molar-refractivity contribution in [3.05, 3.63) is 53.9 Å². The monoisotopic (exact) mass is 235 g/mol. The molecule has 0 saturated heterocycles. The number of carbonyl (C=O) groups is 1. The molecule has 5 heteroatoms. The van der Waals surface area contributed by atoms with E-state index in [0.717, 1.165) is 12.1 Å². The van der Waals surface area contributed by atoms with Crippen molar-refractivity contribution in [2.45, 2.75) is 0 Å². The third kappa shape index (κ3) is 2.13. The Balaban J connectivity index is 2.57. The van der Waals surface area contributed by atoms with Crippen LogP contribution in [0.5, 0.6) is 0 Å². The van der Waals surface area contributed by atoms with Crippen molar-refractivity contribution < 1.29 is 18.7 Å². The van der Waals surface area contributed by atoms with Crippen LogP contribution in [0, 0.1) is 11.6 Å². The molecule has 86 valence electrons. The minimum absolute atomic E-state index is 0.248. The summed E-state index contributed by atoms with van der Waals surface area (Å²) in [4.78, 5) is 14.4. The average Bonchev–Trinajstić information content (AvgIpc) is 2.28. The molecule has 3 nitrogen and oxygen atoms in total. The van der Waals surface area contributed by atoms with Crippen LogP contribution in [0.4, 0.5) is 8.78 Å². The van der Waals surface area contributed by atoms with Crippen LogP contribution in [0.15, 0.2) is 36.7 Å². The van der Waals surface area contributed by atoms with Crippen LogP contribution in [0.2, 0.25) is 0 Å². The van der Waals surface area contributed by atoms with E-state index in [4.69, 9.17) is 5.11 Å². The van der Waals surface area contributed by atoms with Crippen LogP contribution in [0.1, 0.15) is 10.4 Å². The van der Waals surface area contributed by atoms with E-state index in [0.29, 0.717) is 5.56 Å². The Hall–Kier alpha value is -2.30. The van der Waals surface area contributed by atoms with Gasteiger partial charge in [-0.1, -0.05) is 6.07 Å². The fourth-order valence-electron chi connectivity index (χ4n) is 1.48. The molecule has 0 saturated carbocycles. The number of hydrogen-bond acceptors (Lipinski definition) is 2. The lowest BCUT2D eigenvalue weighted by molar-refractivity contribution is 0.0686. The van der Waals surface area contributed by atoms with E-state index in [1.54, 1.807) is 12.1 Å². The first-order chi connectivity index (χ1) is 8.09. The first-order valence-electron chi connectivity index (χ1n) is 4.72. The SMILES string of the molecule is O=C(O)c1c(F)cc(-c2cccnc2)cc1F. The standard InChI is InChI=1S/C12H7F2NO2/c13-9-4-8(7-2-1-3-15-6-7)5-10(14)11(9)12(16)17/h1-6H,(H,16,17). The number of benzene rings is 1. The molecule has 0 amide bonds. The fourth-order valence-corrected chi connectivity index (χ4v) is 1.48. The molecule has 0 aliphatic heterocycles. The summed E-state index contributed by atoms with van der Waals surface area (Å²) in [6.45, 7) is 0. The second-order valence-corrected chi connectivity index (χ2v) is 3.36. The molecular weight excluding hydrogens is 228 g/mol. The smallest absolute Gasteiger partial charge is 0.341 e. The molecule has 0 fully saturated rings. The first kappa shape index (κ1) is 11.2. The summed E-state index contributed by atoms with van der Waals surface area (Å²) in [5.74, 6) is -3.83. The maximum atomic E-state index is 13.4. The summed E-state index contributed by atoms with van der Waals surface area (Å²) in [7, 11) is 0. The lowest BCUT2D eigenvalue weighted by Gasteiger charge is -2.04. The van der Waals surface area contributed by atoms with E-state index in [-0.39, 0.29) is 5.56 Å². The summed E-state index contributed by atoms with van der Waals surface area (Å²) >= 11 is 0. The Bertz CT molecular complexity index is 547. The van der Waals surface area contributed by atoms with Crippen LogP contribution in [-0.2, 0) is 0 Å². The Labute approximate surface area is 95.4 Å². The first-order valence-corrected chi connectivity index (χ1v) is 4.72. The number of carboxylic acid groups (broad SMARTS) is 1. The second-order valence-electron chi connectivity index (χ2n) is 3.36. The maximum Gasteiger partial charge on any atom is 0.341 e. The summed E-state index contributed by atoms with van der Waals surface area (Å²) in [6, 6.07) is 5.20. The fraction of sp³-hybridized carbons (Fsp3) is 0. The highest BCUT2D eigenvalue weighted by Gasteiger charge is 2.18. The van der Waals surface area contributed by atoms with Gasteiger partial charge < -0.3 is 5.11 Å². The van der Waals surface area contributed by atoms with Gasteiger partial charge in [-0.2, -0.15) is 0 Å². The summed E-state index contributed by atoms with van der Waals surface area (Å²) in [5.41, 5.74) is -0.182. The minimum Gasteiger partial charge on any atom is -0.477 e. The van der Waals surface area contributed by atoms with Crippen LogP contribution >= 0.6 is 0 Å². The van der Waals surface area contributed by atoms with E-state index < -0.39 is 23.2 Å². The zero-order valence-corrected chi connectivity index (χ0v) is 8.52. The molecule has 1 aromatic carbocycles. The van der Waals surface area contributed by atoms with Gasteiger partial charge in [-0.3, -0.25) is 4.98 Å². The molecule has 0 atom stereocenters. The number of pyridine rings is 1. The summed E-state index contributed by atoms with van der Waals surface area (Å²) in [6.07, 6.45) is 2.97. The quantitative estimate of drug-likeness (QED) is 0.870.